The highest BCUT2D eigenvalue weighted by Crippen LogP contribution is 2.21. The smallest absolute Gasteiger partial charge is 0.119 e. The molecule has 1 saturated heterocycles. The number of rotatable bonds is 5. The predicted molar refractivity (Wildman–Crippen MR) is 86.9 cm³/mol. The fourth-order valence-electron chi connectivity index (χ4n) is 2.82. The van der Waals surface area contributed by atoms with Crippen molar-refractivity contribution in [1.29, 1.82) is 0 Å². The third kappa shape index (κ3) is 5.33. The van der Waals surface area contributed by atoms with Gasteiger partial charge in [-0.05, 0) is 76.3 Å². The molecule has 0 aromatic heterocycles. The Hall–Kier alpha value is -1.06. The van der Waals surface area contributed by atoms with Crippen LogP contribution in [0, 0.1) is 13.8 Å². The lowest BCUT2D eigenvalue weighted by Gasteiger charge is -2.22. The highest BCUT2D eigenvalue weighted by Gasteiger charge is 2.24. The zero-order valence-electron chi connectivity index (χ0n) is 13.7. The number of hydrogen-bond acceptors (Lipinski definition) is 3. The third-order valence-corrected chi connectivity index (χ3v) is 4.52. The maximum absolute atomic E-state index is 10.1. The van der Waals surface area contributed by atoms with E-state index in [9.17, 15) is 5.11 Å². The van der Waals surface area contributed by atoms with Crippen molar-refractivity contribution in [1.82, 2.24) is 4.90 Å². The van der Waals surface area contributed by atoms with Crippen molar-refractivity contribution >= 4 is 0 Å². The molecule has 21 heavy (non-hydrogen) atoms. The number of benzene rings is 1. The zero-order chi connectivity index (χ0) is 15.3. The molecule has 0 radical (unpaired) electrons. The molecule has 1 unspecified atom stereocenters. The Morgan fingerprint density at radius 3 is 2.76 bits per heavy atom. The molecule has 0 aliphatic carbocycles. The van der Waals surface area contributed by atoms with Gasteiger partial charge in [0, 0.05) is 13.1 Å². The second-order valence-corrected chi connectivity index (χ2v) is 6.64. The van der Waals surface area contributed by atoms with E-state index in [2.05, 4.69) is 30.9 Å². The van der Waals surface area contributed by atoms with E-state index in [1.54, 1.807) is 0 Å². The average molecular weight is 291 g/mol. The normalized spacial score (nSPS) is 23.8. The molecule has 0 spiro atoms. The number of nitrogens with zero attached hydrogens (tertiary/aromatic N) is 1. The molecule has 1 aliphatic heterocycles. The van der Waals surface area contributed by atoms with E-state index < -0.39 is 5.60 Å². The average Bonchev–Trinajstić information content (AvgIpc) is 2.60. The molecule has 118 valence electrons. The molecule has 0 amide bonds. The summed E-state index contributed by atoms with van der Waals surface area (Å²) in [5.74, 6) is 0.969. The number of aryl methyl sites for hydroxylation is 2. The van der Waals surface area contributed by atoms with Crippen LogP contribution in [0.15, 0.2) is 18.2 Å². The van der Waals surface area contributed by atoms with Gasteiger partial charge in [0.1, 0.15) is 5.75 Å². The predicted octanol–water partition coefficient (Wildman–Crippen LogP) is 3.31. The first-order chi connectivity index (χ1) is 9.96. The first kappa shape index (κ1) is 16.3. The fourth-order valence-corrected chi connectivity index (χ4v) is 2.82. The van der Waals surface area contributed by atoms with Gasteiger partial charge in [0.05, 0.1) is 12.2 Å². The summed E-state index contributed by atoms with van der Waals surface area (Å²) in [6.45, 7) is 10.1. The Bertz CT molecular complexity index is 457. The summed E-state index contributed by atoms with van der Waals surface area (Å²) in [5.41, 5.74) is 2.12. The van der Waals surface area contributed by atoms with Gasteiger partial charge in [-0.2, -0.15) is 0 Å². The summed E-state index contributed by atoms with van der Waals surface area (Å²) < 4.78 is 5.83. The lowest BCUT2D eigenvalue weighted by atomic mass is 9.98. The Kier molecular flexibility index (Phi) is 5.65. The highest BCUT2D eigenvalue weighted by molar-refractivity contribution is 5.33. The minimum atomic E-state index is -0.468. The van der Waals surface area contributed by atoms with Gasteiger partial charge in [0.25, 0.3) is 0 Å². The molecule has 1 heterocycles. The van der Waals surface area contributed by atoms with Crippen molar-refractivity contribution in [3.8, 4) is 5.75 Å². The van der Waals surface area contributed by atoms with E-state index in [1.165, 1.54) is 11.1 Å². The van der Waals surface area contributed by atoms with Crippen LogP contribution in [0.1, 0.15) is 43.7 Å². The zero-order valence-corrected chi connectivity index (χ0v) is 13.7. The van der Waals surface area contributed by atoms with Crippen molar-refractivity contribution in [2.24, 2.45) is 0 Å². The maximum atomic E-state index is 10.1. The van der Waals surface area contributed by atoms with Gasteiger partial charge < -0.3 is 14.7 Å². The lowest BCUT2D eigenvalue weighted by Crippen LogP contribution is -2.29. The first-order valence-electron chi connectivity index (χ1n) is 8.11. The number of likely N-dealkylation sites (tertiary alicyclic amines) is 1. The molecule has 1 aromatic rings. The van der Waals surface area contributed by atoms with E-state index in [0.717, 1.165) is 57.7 Å². The second-order valence-electron chi connectivity index (χ2n) is 6.64. The van der Waals surface area contributed by atoms with Crippen LogP contribution in [0.25, 0.3) is 0 Å². The van der Waals surface area contributed by atoms with Crippen molar-refractivity contribution < 1.29 is 9.84 Å². The monoisotopic (exact) mass is 291 g/mol. The summed E-state index contributed by atoms with van der Waals surface area (Å²) in [6, 6.07) is 6.27. The van der Waals surface area contributed by atoms with Crippen LogP contribution in [-0.2, 0) is 0 Å². The molecule has 1 aliphatic rings. The molecule has 3 nitrogen and oxygen atoms in total. The van der Waals surface area contributed by atoms with Gasteiger partial charge in [0.15, 0.2) is 0 Å². The molecule has 1 fully saturated rings. The number of ether oxygens (including phenoxy) is 1. The van der Waals surface area contributed by atoms with E-state index in [1.807, 2.05) is 13.0 Å². The summed E-state index contributed by atoms with van der Waals surface area (Å²) in [4.78, 5) is 2.45. The topological polar surface area (TPSA) is 32.7 Å². The van der Waals surface area contributed by atoms with E-state index >= 15 is 0 Å². The van der Waals surface area contributed by atoms with Crippen LogP contribution in [0.5, 0.6) is 5.75 Å². The molecule has 1 atom stereocenters. The van der Waals surface area contributed by atoms with Crippen LogP contribution in [0.3, 0.4) is 0 Å². The van der Waals surface area contributed by atoms with Crippen molar-refractivity contribution in [2.75, 3.05) is 26.2 Å². The van der Waals surface area contributed by atoms with E-state index in [0.29, 0.717) is 0 Å². The van der Waals surface area contributed by atoms with Gasteiger partial charge in [0.2, 0.25) is 0 Å². The number of hydrogen-bond donors (Lipinski definition) is 1. The summed E-state index contributed by atoms with van der Waals surface area (Å²) in [6.07, 6.45) is 3.92. The quantitative estimate of drug-likeness (QED) is 0.845. The van der Waals surface area contributed by atoms with Crippen LogP contribution in [0.2, 0.25) is 0 Å². The van der Waals surface area contributed by atoms with Gasteiger partial charge in [-0.15, -0.1) is 0 Å². The van der Waals surface area contributed by atoms with Crippen LogP contribution >= 0.6 is 0 Å². The summed E-state index contributed by atoms with van der Waals surface area (Å²) >= 11 is 0. The van der Waals surface area contributed by atoms with Crippen LogP contribution in [-0.4, -0.2) is 41.8 Å². The minimum Gasteiger partial charge on any atom is -0.494 e. The standard InChI is InChI=1S/C18H29NO2/c1-15-6-7-17(14-16(15)2)21-13-5-11-19-10-4-8-18(3,20)9-12-19/h6-7,14,20H,4-5,8-13H2,1-3H3. The Labute approximate surface area is 128 Å². The molecule has 1 aromatic carbocycles. The first-order valence-corrected chi connectivity index (χ1v) is 8.11. The summed E-state index contributed by atoms with van der Waals surface area (Å²) in [7, 11) is 0. The van der Waals surface area contributed by atoms with Gasteiger partial charge >= 0.3 is 0 Å². The molecule has 1 N–H and O–H groups in total. The Balaban J connectivity index is 1.68. The molecule has 0 saturated carbocycles. The SMILES string of the molecule is Cc1ccc(OCCCN2CCCC(C)(O)CC2)cc1C. The van der Waals surface area contributed by atoms with E-state index in [-0.39, 0.29) is 0 Å². The molecular weight excluding hydrogens is 262 g/mol. The van der Waals surface area contributed by atoms with Crippen molar-refractivity contribution in [3.63, 3.8) is 0 Å². The van der Waals surface area contributed by atoms with Crippen molar-refractivity contribution in [3.05, 3.63) is 29.3 Å². The Morgan fingerprint density at radius 1 is 1.19 bits per heavy atom. The third-order valence-electron chi connectivity index (χ3n) is 4.52. The second kappa shape index (κ2) is 7.28. The highest BCUT2D eigenvalue weighted by atomic mass is 16.5. The van der Waals surface area contributed by atoms with Crippen molar-refractivity contribution in [2.45, 2.75) is 52.1 Å². The molecule has 3 heteroatoms. The lowest BCUT2D eigenvalue weighted by molar-refractivity contribution is 0.0445. The fraction of sp³-hybridized carbons (Fsp3) is 0.667. The molecular formula is C18H29NO2. The Morgan fingerprint density at radius 2 is 2.00 bits per heavy atom. The van der Waals surface area contributed by atoms with Gasteiger partial charge in [-0.1, -0.05) is 6.07 Å². The number of aliphatic hydroxyl groups is 1. The molecule has 2 rings (SSSR count). The van der Waals surface area contributed by atoms with Gasteiger partial charge in [-0.25, -0.2) is 0 Å². The van der Waals surface area contributed by atoms with Crippen LogP contribution < -0.4 is 4.74 Å². The van der Waals surface area contributed by atoms with Gasteiger partial charge in [-0.3, -0.25) is 0 Å². The maximum Gasteiger partial charge on any atom is 0.119 e. The summed E-state index contributed by atoms with van der Waals surface area (Å²) in [5, 5.41) is 10.1. The minimum absolute atomic E-state index is 0.468. The largest absolute Gasteiger partial charge is 0.494 e. The molecule has 0 bridgehead atoms. The van der Waals surface area contributed by atoms with Crippen LogP contribution in [0.4, 0.5) is 0 Å². The van der Waals surface area contributed by atoms with E-state index in [4.69, 9.17) is 4.74 Å².